The molecule has 0 saturated heterocycles. The van der Waals surface area contributed by atoms with Crippen LogP contribution in [0.1, 0.15) is 16.7 Å². The second kappa shape index (κ2) is 10.7. The average molecular weight is 404 g/mol. The Balaban J connectivity index is 1.51. The van der Waals surface area contributed by atoms with Gasteiger partial charge < -0.3 is 19.6 Å². The van der Waals surface area contributed by atoms with Gasteiger partial charge in [-0.25, -0.2) is 0 Å². The molecule has 0 spiro atoms. The molecule has 3 aromatic carbocycles. The number of anilines is 1. The van der Waals surface area contributed by atoms with E-state index in [9.17, 15) is 4.79 Å². The first kappa shape index (κ1) is 20.9. The number of nitrogens with zero attached hydrogens (tertiary/aromatic N) is 1. The highest BCUT2D eigenvalue weighted by molar-refractivity contribution is 5.92. The van der Waals surface area contributed by atoms with Gasteiger partial charge in [-0.15, -0.1) is 0 Å². The monoisotopic (exact) mass is 404 g/mol. The Morgan fingerprint density at radius 2 is 1.77 bits per heavy atom. The molecular formula is C24H24N2O4. The van der Waals surface area contributed by atoms with Gasteiger partial charge >= 0.3 is 0 Å². The summed E-state index contributed by atoms with van der Waals surface area (Å²) < 4.78 is 11.2. The molecule has 0 heterocycles. The summed E-state index contributed by atoms with van der Waals surface area (Å²) in [6.45, 7) is 2.19. The third-order valence-corrected chi connectivity index (χ3v) is 4.32. The Hall–Kier alpha value is -3.80. The highest BCUT2D eigenvalue weighted by Crippen LogP contribution is 2.28. The number of carbonyl (C=O) groups is 1. The summed E-state index contributed by atoms with van der Waals surface area (Å²) in [5.41, 5.74) is 3.57. The second-order valence-electron chi connectivity index (χ2n) is 6.56. The van der Waals surface area contributed by atoms with E-state index >= 15 is 0 Å². The van der Waals surface area contributed by atoms with E-state index in [1.807, 2.05) is 73.7 Å². The Bertz CT molecular complexity index is 1000. The number of hydrogen-bond acceptors (Lipinski definition) is 5. The van der Waals surface area contributed by atoms with Crippen LogP contribution in [0.4, 0.5) is 5.69 Å². The molecule has 0 aromatic heterocycles. The topological polar surface area (TPSA) is 69.2 Å². The first-order chi connectivity index (χ1) is 14.7. The number of aryl methyl sites for hydroxylation is 1. The van der Waals surface area contributed by atoms with Crippen molar-refractivity contribution < 1.29 is 19.1 Å². The van der Waals surface area contributed by atoms with E-state index in [1.54, 1.807) is 13.2 Å². The molecule has 0 unspecified atom stereocenters. The number of ether oxygens (including phenoxy) is 2. The van der Waals surface area contributed by atoms with Crippen LogP contribution in [-0.4, -0.2) is 25.8 Å². The van der Waals surface area contributed by atoms with E-state index < -0.39 is 0 Å². The number of rotatable bonds is 9. The zero-order chi connectivity index (χ0) is 21.2. The molecule has 0 aliphatic heterocycles. The van der Waals surface area contributed by atoms with Crippen LogP contribution in [0, 0.1) is 6.92 Å². The maximum atomic E-state index is 12.0. The number of para-hydroxylation sites is 1. The SMILES string of the molecule is COc1cc(/C=N/OCC(=O)Nc2ccccc2C)ccc1OCc1ccccc1. The minimum atomic E-state index is -0.274. The number of methoxy groups -OCH3 is 1. The molecule has 1 N–H and O–H groups in total. The first-order valence-corrected chi connectivity index (χ1v) is 9.51. The van der Waals surface area contributed by atoms with E-state index in [-0.39, 0.29) is 12.5 Å². The lowest BCUT2D eigenvalue weighted by atomic mass is 10.2. The molecule has 0 saturated carbocycles. The van der Waals surface area contributed by atoms with Crippen LogP contribution in [0.2, 0.25) is 0 Å². The van der Waals surface area contributed by atoms with E-state index in [2.05, 4.69) is 10.5 Å². The second-order valence-corrected chi connectivity index (χ2v) is 6.56. The average Bonchev–Trinajstić information content (AvgIpc) is 2.78. The fourth-order valence-corrected chi connectivity index (χ4v) is 2.71. The fraction of sp³-hybridized carbons (Fsp3) is 0.167. The van der Waals surface area contributed by atoms with Crippen molar-refractivity contribution in [1.82, 2.24) is 0 Å². The Kier molecular flexibility index (Phi) is 7.44. The lowest BCUT2D eigenvalue weighted by molar-refractivity contribution is -0.120. The molecular weight excluding hydrogens is 380 g/mol. The predicted molar refractivity (Wildman–Crippen MR) is 117 cm³/mol. The molecule has 1 amide bonds. The van der Waals surface area contributed by atoms with Gasteiger partial charge in [0.05, 0.1) is 13.3 Å². The van der Waals surface area contributed by atoms with E-state index in [4.69, 9.17) is 14.3 Å². The number of benzene rings is 3. The van der Waals surface area contributed by atoms with E-state index in [0.29, 0.717) is 18.1 Å². The number of oxime groups is 1. The maximum absolute atomic E-state index is 12.0. The highest BCUT2D eigenvalue weighted by Gasteiger charge is 2.07. The lowest BCUT2D eigenvalue weighted by Gasteiger charge is -2.11. The molecule has 3 aromatic rings. The Labute approximate surface area is 176 Å². The summed E-state index contributed by atoms with van der Waals surface area (Å²) in [4.78, 5) is 17.1. The van der Waals surface area contributed by atoms with Crippen molar-refractivity contribution in [2.75, 3.05) is 19.0 Å². The third kappa shape index (κ3) is 6.10. The summed E-state index contributed by atoms with van der Waals surface area (Å²) in [5.74, 6) is 0.952. The van der Waals surface area contributed by atoms with Crippen LogP contribution in [0.15, 0.2) is 78.0 Å². The van der Waals surface area contributed by atoms with Gasteiger partial charge in [-0.1, -0.05) is 53.7 Å². The molecule has 0 fully saturated rings. The minimum Gasteiger partial charge on any atom is -0.493 e. The highest BCUT2D eigenvalue weighted by atomic mass is 16.6. The van der Waals surface area contributed by atoms with Crippen molar-refractivity contribution in [3.63, 3.8) is 0 Å². The van der Waals surface area contributed by atoms with Crippen molar-refractivity contribution in [2.24, 2.45) is 5.16 Å². The smallest absolute Gasteiger partial charge is 0.265 e. The van der Waals surface area contributed by atoms with Crippen LogP contribution in [-0.2, 0) is 16.2 Å². The zero-order valence-electron chi connectivity index (χ0n) is 17.0. The van der Waals surface area contributed by atoms with Crippen LogP contribution >= 0.6 is 0 Å². The molecule has 0 atom stereocenters. The molecule has 154 valence electrons. The molecule has 6 nitrogen and oxygen atoms in total. The first-order valence-electron chi connectivity index (χ1n) is 9.51. The standard InChI is InChI=1S/C24H24N2O4/c1-18-8-6-7-11-21(18)26-24(27)17-30-25-15-20-12-13-22(23(14-20)28-2)29-16-19-9-4-3-5-10-19/h3-15H,16-17H2,1-2H3,(H,26,27)/b25-15+. The van der Waals surface area contributed by atoms with Crippen molar-refractivity contribution in [3.8, 4) is 11.5 Å². The zero-order valence-corrected chi connectivity index (χ0v) is 17.0. The number of carbonyl (C=O) groups excluding carboxylic acids is 1. The minimum absolute atomic E-state index is 0.180. The summed E-state index contributed by atoms with van der Waals surface area (Å²) in [5, 5.41) is 6.65. The van der Waals surface area contributed by atoms with Gasteiger partial charge in [-0.3, -0.25) is 4.79 Å². The summed E-state index contributed by atoms with van der Waals surface area (Å²) >= 11 is 0. The van der Waals surface area contributed by atoms with Crippen molar-refractivity contribution in [3.05, 3.63) is 89.5 Å². The van der Waals surface area contributed by atoms with Crippen molar-refractivity contribution >= 4 is 17.8 Å². The van der Waals surface area contributed by atoms with Gasteiger partial charge in [-0.05, 0) is 42.3 Å². The largest absolute Gasteiger partial charge is 0.493 e. The van der Waals surface area contributed by atoms with Gasteiger partial charge in [0.1, 0.15) is 6.61 Å². The van der Waals surface area contributed by atoms with Crippen LogP contribution in [0.3, 0.4) is 0 Å². The van der Waals surface area contributed by atoms with Gasteiger partial charge in [0.2, 0.25) is 0 Å². The molecule has 30 heavy (non-hydrogen) atoms. The van der Waals surface area contributed by atoms with E-state index in [0.717, 1.165) is 22.4 Å². The fourth-order valence-electron chi connectivity index (χ4n) is 2.71. The molecule has 0 aliphatic rings. The number of hydrogen-bond donors (Lipinski definition) is 1. The lowest BCUT2D eigenvalue weighted by Crippen LogP contribution is -2.17. The van der Waals surface area contributed by atoms with Crippen LogP contribution in [0.25, 0.3) is 0 Å². The quantitative estimate of drug-likeness (QED) is 0.419. The van der Waals surface area contributed by atoms with Crippen LogP contribution < -0.4 is 14.8 Å². The Morgan fingerprint density at radius 3 is 2.53 bits per heavy atom. The van der Waals surface area contributed by atoms with Gasteiger partial charge in [0.25, 0.3) is 5.91 Å². The van der Waals surface area contributed by atoms with E-state index in [1.165, 1.54) is 6.21 Å². The predicted octanol–water partition coefficient (Wildman–Crippen LogP) is 4.57. The summed E-state index contributed by atoms with van der Waals surface area (Å²) in [6, 6.07) is 22.9. The molecule has 0 aliphatic carbocycles. The summed E-state index contributed by atoms with van der Waals surface area (Å²) in [7, 11) is 1.58. The summed E-state index contributed by atoms with van der Waals surface area (Å²) in [6.07, 6.45) is 1.52. The molecule has 3 rings (SSSR count). The maximum Gasteiger partial charge on any atom is 0.265 e. The number of nitrogens with one attached hydrogen (secondary N) is 1. The van der Waals surface area contributed by atoms with Crippen LogP contribution in [0.5, 0.6) is 11.5 Å². The molecule has 0 radical (unpaired) electrons. The normalized spacial score (nSPS) is 10.6. The number of amides is 1. The molecule has 0 bridgehead atoms. The van der Waals surface area contributed by atoms with Crippen molar-refractivity contribution in [2.45, 2.75) is 13.5 Å². The third-order valence-electron chi connectivity index (χ3n) is 4.32. The molecule has 6 heteroatoms. The van der Waals surface area contributed by atoms with Gasteiger partial charge in [-0.2, -0.15) is 0 Å². The van der Waals surface area contributed by atoms with Crippen molar-refractivity contribution in [1.29, 1.82) is 0 Å². The Morgan fingerprint density at radius 1 is 1.00 bits per heavy atom. The van der Waals surface area contributed by atoms with Gasteiger partial charge in [0, 0.05) is 11.3 Å². The van der Waals surface area contributed by atoms with Gasteiger partial charge in [0.15, 0.2) is 18.1 Å².